The van der Waals surface area contributed by atoms with Crippen molar-refractivity contribution in [2.45, 2.75) is 13.3 Å². The van der Waals surface area contributed by atoms with E-state index in [1.165, 1.54) is 6.33 Å². The Kier molecular flexibility index (Phi) is 7.17. The smallest absolute Gasteiger partial charge is 0.167 e. The zero-order chi connectivity index (χ0) is 26.5. The molecule has 5 rings (SSSR count). The molecule has 1 N–H and O–H groups in total. The number of aryl methyl sites for hydroxylation is 1. The third kappa shape index (κ3) is 5.57. The van der Waals surface area contributed by atoms with Crippen LogP contribution in [0.3, 0.4) is 0 Å². The lowest BCUT2D eigenvalue weighted by molar-refractivity contribution is 0.0993. The van der Waals surface area contributed by atoms with E-state index in [2.05, 4.69) is 15.3 Å². The van der Waals surface area contributed by atoms with Crippen molar-refractivity contribution in [1.29, 1.82) is 0 Å². The summed E-state index contributed by atoms with van der Waals surface area (Å²) < 4.78 is 16.9. The van der Waals surface area contributed by atoms with Crippen LogP contribution in [0, 0.1) is 6.92 Å². The van der Waals surface area contributed by atoms with Gasteiger partial charge < -0.3 is 19.5 Å². The third-order valence-corrected chi connectivity index (χ3v) is 6.10. The van der Waals surface area contributed by atoms with Gasteiger partial charge in [-0.15, -0.1) is 0 Å². The van der Waals surface area contributed by atoms with E-state index in [0.29, 0.717) is 40.8 Å². The minimum Gasteiger partial charge on any atom is -0.493 e. The predicted molar refractivity (Wildman–Crippen MR) is 148 cm³/mol. The number of nitrogens with one attached hydrogen (secondary N) is 1. The van der Waals surface area contributed by atoms with Crippen molar-refractivity contribution < 1.29 is 19.0 Å². The molecule has 0 amide bonds. The molecular weight excluding hydrogens is 478 g/mol. The summed E-state index contributed by atoms with van der Waals surface area (Å²) in [5.74, 6) is 3.28. The number of nitrogens with zero attached hydrogens (tertiary/aromatic N) is 2. The highest BCUT2D eigenvalue weighted by Crippen LogP contribution is 2.34. The van der Waals surface area contributed by atoms with Crippen LogP contribution in [0.1, 0.15) is 21.5 Å². The van der Waals surface area contributed by atoms with Crippen molar-refractivity contribution in [3.8, 4) is 23.0 Å². The van der Waals surface area contributed by atoms with Crippen LogP contribution in [0.5, 0.6) is 23.0 Å². The summed E-state index contributed by atoms with van der Waals surface area (Å²) in [6.45, 7) is 1.98. The Labute approximate surface area is 221 Å². The highest BCUT2D eigenvalue weighted by Gasteiger charge is 2.12. The molecule has 7 heteroatoms. The largest absolute Gasteiger partial charge is 0.493 e. The second kappa shape index (κ2) is 11.0. The topological polar surface area (TPSA) is 82.6 Å². The number of ether oxygens (including phenoxy) is 3. The molecular formula is C31H27N3O4. The average Bonchev–Trinajstić information content (AvgIpc) is 2.93. The summed E-state index contributed by atoms with van der Waals surface area (Å²) in [5.41, 5.74) is 4.26. The molecule has 5 aromatic rings. The second-order valence-electron chi connectivity index (χ2n) is 8.81. The first-order valence-corrected chi connectivity index (χ1v) is 12.1. The van der Waals surface area contributed by atoms with E-state index in [1.54, 1.807) is 14.2 Å². The molecule has 0 spiro atoms. The molecule has 0 aliphatic carbocycles. The normalized spacial score (nSPS) is 10.7. The Morgan fingerprint density at radius 3 is 2.34 bits per heavy atom. The van der Waals surface area contributed by atoms with Gasteiger partial charge in [0.05, 0.1) is 19.7 Å². The van der Waals surface area contributed by atoms with Gasteiger partial charge in [-0.25, -0.2) is 9.97 Å². The van der Waals surface area contributed by atoms with E-state index in [9.17, 15) is 4.79 Å². The molecule has 0 radical (unpaired) electrons. The number of hydrogen-bond acceptors (Lipinski definition) is 7. The summed E-state index contributed by atoms with van der Waals surface area (Å²) in [6, 6.07) is 26.5. The van der Waals surface area contributed by atoms with Gasteiger partial charge in [0, 0.05) is 29.1 Å². The fourth-order valence-electron chi connectivity index (χ4n) is 4.19. The molecule has 0 aliphatic rings. The zero-order valence-corrected chi connectivity index (χ0v) is 21.4. The lowest BCUT2D eigenvalue weighted by atomic mass is 10.0. The maximum Gasteiger partial charge on any atom is 0.167 e. The molecule has 0 atom stereocenters. The van der Waals surface area contributed by atoms with Gasteiger partial charge >= 0.3 is 0 Å². The first-order chi connectivity index (χ1) is 18.5. The van der Waals surface area contributed by atoms with Crippen molar-refractivity contribution in [2.24, 2.45) is 0 Å². The number of ketones is 1. The maximum absolute atomic E-state index is 12.7. The average molecular weight is 506 g/mol. The number of rotatable bonds is 9. The molecule has 190 valence electrons. The van der Waals surface area contributed by atoms with Crippen LogP contribution in [-0.4, -0.2) is 30.0 Å². The Balaban J connectivity index is 1.28. The van der Waals surface area contributed by atoms with Gasteiger partial charge in [-0.3, -0.25) is 4.79 Å². The number of carbonyl (C=O) groups is 1. The van der Waals surface area contributed by atoms with Crippen LogP contribution in [0.2, 0.25) is 0 Å². The fraction of sp³-hybridized carbons (Fsp3) is 0.129. The van der Waals surface area contributed by atoms with E-state index in [1.807, 2.05) is 91.9 Å². The van der Waals surface area contributed by atoms with E-state index in [0.717, 1.165) is 27.7 Å². The molecule has 0 saturated heterocycles. The summed E-state index contributed by atoms with van der Waals surface area (Å²) in [7, 11) is 3.19. The lowest BCUT2D eigenvalue weighted by Crippen LogP contribution is -2.03. The molecule has 0 aliphatic heterocycles. The van der Waals surface area contributed by atoms with Gasteiger partial charge in [-0.05, 0) is 61.0 Å². The fourth-order valence-corrected chi connectivity index (χ4v) is 4.19. The standard InChI is InChI=1S/C31H27N3O4/c1-20-6-4-8-22(14-20)28(35)16-21-7-5-9-25(15-21)38-24-12-10-23(11-13-24)34-31-26-17-29(36-2)30(37-3)18-27(26)32-19-33-31/h4-15,17-19H,16H2,1-3H3,(H,32,33,34). The third-order valence-electron chi connectivity index (χ3n) is 6.10. The van der Waals surface area contributed by atoms with Gasteiger partial charge in [-0.2, -0.15) is 0 Å². The number of fused-ring (bicyclic) bond motifs is 1. The number of aromatic nitrogens is 2. The van der Waals surface area contributed by atoms with E-state index >= 15 is 0 Å². The monoisotopic (exact) mass is 505 g/mol. The SMILES string of the molecule is COc1cc2ncnc(Nc3ccc(Oc4cccc(CC(=O)c5cccc(C)c5)c4)cc3)c2cc1OC. The summed E-state index contributed by atoms with van der Waals surface area (Å²) in [5, 5.41) is 4.14. The number of methoxy groups -OCH3 is 2. The molecule has 1 heterocycles. The van der Waals surface area contributed by atoms with Crippen LogP contribution in [0.4, 0.5) is 11.5 Å². The van der Waals surface area contributed by atoms with E-state index in [4.69, 9.17) is 14.2 Å². The van der Waals surface area contributed by atoms with E-state index < -0.39 is 0 Å². The van der Waals surface area contributed by atoms with Crippen LogP contribution >= 0.6 is 0 Å². The minimum atomic E-state index is 0.0783. The van der Waals surface area contributed by atoms with Gasteiger partial charge in [-0.1, -0.05) is 35.9 Å². The van der Waals surface area contributed by atoms with E-state index in [-0.39, 0.29) is 5.78 Å². The van der Waals surface area contributed by atoms with Gasteiger partial charge in [0.15, 0.2) is 17.3 Å². The second-order valence-corrected chi connectivity index (χ2v) is 8.81. The van der Waals surface area contributed by atoms with Gasteiger partial charge in [0.2, 0.25) is 0 Å². The molecule has 0 fully saturated rings. The Hall–Kier alpha value is -4.91. The van der Waals surface area contributed by atoms with Crippen molar-refractivity contribution in [1.82, 2.24) is 9.97 Å². The molecule has 1 aromatic heterocycles. The van der Waals surface area contributed by atoms with Gasteiger partial charge in [0.1, 0.15) is 23.6 Å². The molecule has 4 aromatic carbocycles. The zero-order valence-electron chi connectivity index (χ0n) is 21.4. The number of benzene rings is 4. The van der Waals surface area contributed by atoms with Crippen molar-refractivity contribution in [3.05, 3.63) is 108 Å². The van der Waals surface area contributed by atoms with Crippen molar-refractivity contribution >= 4 is 28.2 Å². The molecule has 38 heavy (non-hydrogen) atoms. The molecule has 0 bridgehead atoms. The van der Waals surface area contributed by atoms with Crippen LogP contribution in [0.15, 0.2) is 91.3 Å². The number of Topliss-reactive ketones (excluding diaryl/α,β-unsaturated/α-hetero) is 1. The number of carbonyl (C=O) groups excluding carboxylic acids is 1. The quantitative estimate of drug-likeness (QED) is 0.218. The molecule has 0 saturated carbocycles. The highest BCUT2D eigenvalue weighted by atomic mass is 16.5. The summed E-state index contributed by atoms with van der Waals surface area (Å²) in [6.07, 6.45) is 1.82. The Bertz CT molecular complexity index is 1600. The summed E-state index contributed by atoms with van der Waals surface area (Å²) in [4.78, 5) is 21.5. The number of anilines is 2. The predicted octanol–water partition coefficient (Wildman–Crippen LogP) is 6.92. The number of hydrogen-bond donors (Lipinski definition) is 1. The van der Waals surface area contributed by atoms with Gasteiger partial charge in [0.25, 0.3) is 0 Å². The Morgan fingerprint density at radius 2 is 1.58 bits per heavy atom. The maximum atomic E-state index is 12.7. The first-order valence-electron chi connectivity index (χ1n) is 12.1. The lowest BCUT2D eigenvalue weighted by Gasteiger charge is -2.12. The summed E-state index contributed by atoms with van der Waals surface area (Å²) >= 11 is 0. The minimum absolute atomic E-state index is 0.0783. The first kappa shape index (κ1) is 24.8. The molecule has 0 unspecified atom stereocenters. The van der Waals surface area contributed by atoms with Crippen LogP contribution in [0.25, 0.3) is 10.9 Å². The van der Waals surface area contributed by atoms with Crippen LogP contribution in [-0.2, 0) is 6.42 Å². The Morgan fingerprint density at radius 1 is 0.816 bits per heavy atom. The van der Waals surface area contributed by atoms with Crippen LogP contribution < -0.4 is 19.5 Å². The van der Waals surface area contributed by atoms with Crippen molar-refractivity contribution in [2.75, 3.05) is 19.5 Å². The highest BCUT2D eigenvalue weighted by molar-refractivity contribution is 5.97. The molecule has 7 nitrogen and oxygen atoms in total. The van der Waals surface area contributed by atoms with Crippen molar-refractivity contribution in [3.63, 3.8) is 0 Å².